The van der Waals surface area contributed by atoms with Gasteiger partial charge < -0.3 is 42.0 Å². The van der Waals surface area contributed by atoms with Crippen molar-refractivity contribution < 1.29 is 39.3 Å². The van der Waals surface area contributed by atoms with Crippen LogP contribution in [0.15, 0.2) is 30.5 Å². The summed E-state index contributed by atoms with van der Waals surface area (Å²) in [5.74, 6) is -6.01. The highest BCUT2D eigenvalue weighted by molar-refractivity contribution is 5.96. The lowest BCUT2D eigenvalue weighted by Gasteiger charge is -2.26. The average Bonchev–Trinajstić information content (AvgIpc) is 3.22. The van der Waals surface area contributed by atoms with E-state index >= 15 is 0 Å². The number of amides is 3. The normalized spacial score (nSPS) is 14.5. The summed E-state index contributed by atoms with van der Waals surface area (Å²) in [5, 5.41) is 35.0. The largest absolute Gasteiger partial charge is 0.481 e. The molecule has 2 rings (SSSR count). The van der Waals surface area contributed by atoms with Crippen LogP contribution in [0.4, 0.5) is 0 Å². The van der Waals surface area contributed by atoms with Crippen molar-refractivity contribution in [1.82, 2.24) is 20.9 Å². The zero-order chi connectivity index (χ0) is 27.0. The van der Waals surface area contributed by atoms with E-state index in [2.05, 4.69) is 20.9 Å². The van der Waals surface area contributed by atoms with E-state index in [0.717, 1.165) is 16.5 Å². The van der Waals surface area contributed by atoms with Gasteiger partial charge in [0.1, 0.15) is 18.1 Å². The van der Waals surface area contributed by atoms with Crippen molar-refractivity contribution in [2.45, 2.75) is 50.9 Å². The molecule has 0 saturated heterocycles. The molecular formula is C23H31N5O8. The van der Waals surface area contributed by atoms with Gasteiger partial charge >= 0.3 is 11.9 Å². The first-order valence-corrected chi connectivity index (χ1v) is 11.2. The molecule has 4 atom stereocenters. The lowest BCUT2D eigenvalue weighted by atomic mass is 10.0. The zero-order valence-electron chi connectivity index (χ0n) is 19.9. The Bertz CT molecular complexity index is 1110. The first-order chi connectivity index (χ1) is 16.9. The van der Waals surface area contributed by atoms with Crippen LogP contribution < -0.4 is 21.7 Å². The lowest BCUT2D eigenvalue weighted by molar-refractivity contribution is -0.144. The molecule has 0 saturated carbocycles. The zero-order valence-corrected chi connectivity index (χ0v) is 19.9. The number of carboxylic acids is 2. The maximum absolute atomic E-state index is 12.9. The van der Waals surface area contributed by atoms with E-state index in [9.17, 15) is 29.1 Å². The average molecular weight is 506 g/mol. The molecule has 0 fully saturated rings. The Hall–Kier alpha value is -3.97. The van der Waals surface area contributed by atoms with Crippen molar-refractivity contribution in [2.75, 3.05) is 6.61 Å². The van der Waals surface area contributed by atoms with Crippen molar-refractivity contribution in [2.24, 2.45) is 11.7 Å². The monoisotopic (exact) mass is 505 g/mol. The van der Waals surface area contributed by atoms with Gasteiger partial charge in [0.05, 0.1) is 19.1 Å². The minimum atomic E-state index is -1.59. The van der Waals surface area contributed by atoms with Gasteiger partial charge in [-0.2, -0.15) is 0 Å². The topological polar surface area (TPSA) is 224 Å². The Morgan fingerprint density at radius 2 is 1.58 bits per heavy atom. The summed E-state index contributed by atoms with van der Waals surface area (Å²) in [5.41, 5.74) is 7.65. The Morgan fingerprint density at radius 3 is 2.17 bits per heavy atom. The molecule has 36 heavy (non-hydrogen) atoms. The van der Waals surface area contributed by atoms with Gasteiger partial charge in [0.2, 0.25) is 17.7 Å². The quantitative estimate of drug-likeness (QED) is 0.162. The third-order valence-electron chi connectivity index (χ3n) is 5.51. The molecule has 0 bridgehead atoms. The Balaban J connectivity index is 2.11. The SMILES string of the molecule is CC(C)C(NC(=O)C(CC(=O)O)NC(=O)C(N)Cc1c[nH]c2ccccc12)C(=O)NC(CO)C(=O)O. The van der Waals surface area contributed by atoms with Gasteiger partial charge in [-0.1, -0.05) is 32.0 Å². The molecule has 1 heterocycles. The molecule has 4 unspecified atom stereocenters. The van der Waals surface area contributed by atoms with Crippen LogP contribution in [0.1, 0.15) is 25.8 Å². The highest BCUT2D eigenvalue weighted by Crippen LogP contribution is 2.18. The molecule has 1 aromatic carbocycles. The fraction of sp³-hybridized carbons (Fsp3) is 0.435. The van der Waals surface area contributed by atoms with Crippen molar-refractivity contribution in [3.05, 3.63) is 36.0 Å². The standard InChI is InChI=1S/C23H31N5O8/c1-11(2)19(22(34)27-17(10-29)23(35)36)28-21(33)16(8-18(30)31)26-20(32)14(24)7-12-9-25-15-6-4-3-5-13(12)15/h3-6,9,11,14,16-17,19,25,29H,7-8,10,24H2,1-2H3,(H,26,32)(H,27,34)(H,28,33)(H,30,31)(H,35,36). The van der Waals surface area contributed by atoms with Crippen molar-refractivity contribution in [3.8, 4) is 0 Å². The highest BCUT2D eigenvalue weighted by Gasteiger charge is 2.32. The Kier molecular flexibility index (Phi) is 9.93. The molecule has 0 aliphatic rings. The number of hydrogen-bond donors (Lipinski definition) is 8. The Labute approximate surface area is 206 Å². The summed E-state index contributed by atoms with van der Waals surface area (Å²) >= 11 is 0. The summed E-state index contributed by atoms with van der Waals surface area (Å²) in [6.07, 6.45) is 1.05. The predicted molar refractivity (Wildman–Crippen MR) is 128 cm³/mol. The van der Waals surface area contributed by atoms with Crippen LogP contribution in [0.3, 0.4) is 0 Å². The Morgan fingerprint density at radius 1 is 0.944 bits per heavy atom. The summed E-state index contributed by atoms with van der Waals surface area (Å²) in [6, 6.07) is 1.89. The number of para-hydroxylation sites is 1. The molecule has 0 aliphatic carbocycles. The molecule has 13 nitrogen and oxygen atoms in total. The van der Waals surface area contributed by atoms with Crippen molar-refractivity contribution in [3.63, 3.8) is 0 Å². The minimum absolute atomic E-state index is 0.117. The molecular weight excluding hydrogens is 474 g/mol. The molecule has 0 aliphatic heterocycles. The number of H-pyrrole nitrogens is 1. The van der Waals surface area contributed by atoms with Gasteiger partial charge in [-0.25, -0.2) is 4.79 Å². The fourth-order valence-corrected chi connectivity index (χ4v) is 3.53. The van der Waals surface area contributed by atoms with E-state index in [4.69, 9.17) is 15.9 Å². The van der Waals surface area contributed by atoms with Gasteiger partial charge in [-0.3, -0.25) is 19.2 Å². The molecule has 3 amide bonds. The summed E-state index contributed by atoms with van der Waals surface area (Å²) in [6.45, 7) is 2.27. The number of aliphatic hydroxyl groups excluding tert-OH is 1. The van der Waals surface area contributed by atoms with Gasteiger partial charge in [-0.15, -0.1) is 0 Å². The number of nitrogens with two attached hydrogens (primary N) is 1. The van der Waals surface area contributed by atoms with E-state index in [-0.39, 0.29) is 6.42 Å². The summed E-state index contributed by atoms with van der Waals surface area (Å²) in [4.78, 5) is 63.6. The van der Waals surface area contributed by atoms with Crippen LogP contribution in [-0.4, -0.2) is 80.7 Å². The van der Waals surface area contributed by atoms with Gasteiger partial charge in [0.25, 0.3) is 0 Å². The van der Waals surface area contributed by atoms with E-state index in [1.54, 1.807) is 20.0 Å². The molecule has 196 valence electrons. The number of nitrogens with one attached hydrogen (secondary N) is 4. The van der Waals surface area contributed by atoms with E-state index in [0.29, 0.717) is 0 Å². The second kappa shape index (κ2) is 12.7. The summed E-state index contributed by atoms with van der Waals surface area (Å²) in [7, 11) is 0. The third kappa shape index (κ3) is 7.52. The van der Waals surface area contributed by atoms with Crippen LogP contribution in [0.25, 0.3) is 10.9 Å². The molecule has 9 N–H and O–H groups in total. The van der Waals surface area contributed by atoms with Crippen LogP contribution in [0.2, 0.25) is 0 Å². The first kappa shape index (κ1) is 28.3. The number of carbonyl (C=O) groups excluding carboxylic acids is 3. The van der Waals surface area contributed by atoms with Crippen LogP contribution in [-0.2, 0) is 30.4 Å². The number of aliphatic hydroxyl groups is 1. The number of carbonyl (C=O) groups is 5. The second-order valence-electron chi connectivity index (χ2n) is 8.64. The van der Waals surface area contributed by atoms with Crippen molar-refractivity contribution in [1.29, 1.82) is 0 Å². The number of carboxylic acid groups (broad SMARTS) is 2. The number of fused-ring (bicyclic) bond motifs is 1. The number of benzene rings is 1. The molecule has 0 spiro atoms. The van der Waals surface area contributed by atoms with Crippen LogP contribution in [0, 0.1) is 5.92 Å². The molecule has 2 aromatic rings. The lowest BCUT2D eigenvalue weighted by Crippen LogP contribution is -2.59. The number of rotatable bonds is 13. The maximum atomic E-state index is 12.9. The smallest absolute Gasteiger partial charge is 0.328 e. The fourth-order valence-electron chi connectivity index (χ4n) is 3.53. The van der Waals surface area contributed by atoms with Crippen LogP contribution >= 0.6 is 0 Å². The molecule has 1 aromatic heterocycles. The van der Waals surface area contributed by atoms with E-state index in [1.165, 1.54) is 0 Å². The van der Waals surface area contributed by atoms with E-state index < -0.39 is 72.8 Å². The predicted octanol–water partition coefficient (Wildman–Crippen LogP) is -1.30. The second-order valence-corrected chi connectivity index (χ2v) is 8.64. The van der Waals surface area contributed by atoms with Gasteiger partial charge in [-0.05, 0) is 24.0 Å². The number of aliphatic carboxylic acids is 2. The maximum Gasteiger partial charge on any atom is 0.328 e. The minimum Gasteiger partial charge on any atom is -0.481 e. The van der Waals surface area contributed by atoms with Gasteiger partial charge in [0, 0.05) is 17.1 Å². The number of hydrogen-bond acceptors (Lipinski definition) is 7. The highest BCUT2D eigenvalue weighted by atomic mass is 16.4. The number of aromatic nitrogens is 1. The molecule has 13 heteroatoms. The first-order valence-electron chi connectivity index (χ1n) is 11.2. The molecule has 0 radical (unpaired) electrons. The number of aromatic amines is 1. The van der Waals surface area contributed by atoms with Crippen LogP contribution in [0.5, 0.6) is 0 Å². The van der Waals surface area contributed by atoms with Gasteiger partial charge in [0.15, 0.2) is 0 Å². The van der Waals surface area contributed by atoms with Crippen molar-refractivity contribution >= 4 is 40.6 Å². The third-order valence-corrected chi connectivity index (χ3v) is 5.51. The van der Waals surface area contributed by atoms with E-state index in [1.807, 2.05) is 24.3 Å². The summed E-state index contributed by atoms with van der Waals surface area (Å²) < 4.78 is 0.